The summed E-state index contributed by atoms with van der Waals surface area (Å²) in [5, 5.41) is 25.1. The zero-order chi connectivity index (χ0) is 20.4. The van der Waals surface area contributed by atoms with Gasteiger partial charge in [-0.05, 0) is 25.0 Å². The number of nitrogens with one attached hydrogen (secondary N) is 1. The van der Waals surface area contributed by atoms with Crippen molar-refractivity contribution >= 4 is 34.8 Å². The monoisotopic (exact) mass is 408 g/mol. The molecule has 0 atom stereocenters. The minimum atomic E-state index is -1.18. The fourth-order valence-electron chi connectivity index (χ4n) is 3.13. The number of aromatic amines is 1. The molecule has 0 amide bonds. The number of hydrogen-bond donors (Lipinski definition) is 1. The van der Waals surface area contributed by atoms with Crippen molar-refractivity contribution in [2.75, 3.05) is 5.75 Å². The van der Waals surface area contributed by atoms with E-state index in [9.17, 15) is 9.90 Å². The van der Waals surface area contributed by atoms with Crippen LogP contribution in [0.1, 0.15) is 23.8 Å². The number of carboxylic acids is 1. The van der Waals surface area contributed by atoms with Crippen molar-refractivity contribution < 1.29 is 14.3 Å². The second-order valence-electron chi connectivity index (χ2n) is 6.35. The van der Waals surface area contributed by atoms with Crippen molar-refractivity contribution in [1.82, 2.24) is 19.9 Å². The molecular formula is C20H18N5O3S-. The van der Waals surface area contributed by atoms with Crippen LogP contribution in [0.4, 0.5) is 0 Å². The second kappa shape index (κ2) is 7.96. The number of hydrogen-bond acceptors (Lipinski definition) is 7. The number of aliphatic carboxylic acids is 1. The Morgan fingerprint density at radius 2 is 2.24 bits per heavy atom. The lowest BCUT2D eigenvalue weighted by atomic mass is 10.1. The lowest BCUT2D eigenvalue weighted by molar-refractivity contribution is -0.301. The summed E-state index contributed by atoms with van der Waals surface area (Å²) >= 11 is 1.00. The first-order valence-corrected chi connectivity index (χ1v) is 10.0. The molecule has 0 unspecified atom stereocenters. The van der Waals surface area contributed by atoms with Crippen LogP contribution in [0.3, 0.4) is 0 Å². The molecule has 0 spiro atoms. The number of carboxylic acid groups (broad SMARTS) is 1. The largest absolute Gasteiger partial charge is 0.549 e. The Hall–Kier alpha value is -3.33. The fourth-order valence-corrected chi connectivity index (χ4v) is 3.73. The fraction of sp³-hybridized carbons (Fsp3) is 0.200. The van der Waals surface area contributed by atoms with Gasteiger partial charge in [-0.25, -0.2) is 0 Å². The predicted octanol–water partition coefficient (Wildman–Crippen LogP) is 2.61. The number of carbonyl (C=O) groups is 1. The number of aryl methyl sites for hydroxylation is 2. The van der Waals surface area contributed by atoms with Gasteiger partial charge < -0.3 is 19.3 Å². The van der Waals surface area contributed by atoms with Crippen molar-refractivity contribution in [1.29, 1.82) is 0 Å². The van der Waals surface area contributed by atoms with Gasteiger partial charge in [0.15, 0.2) is 5.82 Å². The zero-order valence-electron chi connectivity index (χ0n) is 15.9. The Labute approximate surface area is 170 Å². The minimum Gasteiger partial charge on any atom is -0.549 e. The first-order chi connectivity index (χ1) is 14.1. The highest BCUT2D eigenvalue weighted by Gasteiger charge is 2.17. The average molecular weight is 408 g/mol. The van der Waals surface area contributed by atoms with Crippen LogP contribution in [0, 0.1) is 6.92 Å². The molecule has 1 N–H and O–H groups in total. The van der Waals surface area contributed by atoms with E-state index in [0.717, 1.165) is 40.2 Å². The smallest absolute Gasteiger partial charge is 0.212 e. The third kappa shape index (κ3) is 3.68. The van der Waals surface area contributed by atoms with Crippen molar-refractivity contribution in [2.45, 2.75) is 25.4 Å². The van der Waals surface area contributed by atoms with E-state index in [1.165, 1.54) is 10.2 Å². The van der Waals surface area contributed by atoms with Gasteiger partial charge in [-0.1, -0.05) is 36.9 Å². The summed E-state index contributed by atoms with van der Waals surface area (Å²) in [4.78, 5) is 14.2. The molecule has 0 saturated heterocycles. The molecule has 148 valence electrons. The third-order valence-electron chi connectivity index (χ3n) is 4.56. The zero-order valence-corrected chi connectivity index (χ0v) is 16.7. The van der Waals surface area contributed by atoms with Crippen molar-refractivity contribution in [3.8, 4) is 11.4 Å². The maximum absolute atomic E-state index is 10.9. The Bertz CT molecular complexity index is 1200. The van der Waals surface area contributed by atoms with Gasteiger partial charge in [-0.3, -0.25) is 0 Å². The first-order valence-electron chi connectivity index (χ1n) is 9.04. The standard InChI is InChI=1S/C20H19N5O3S/c1-3-13-5-4-6-16-14(9-21-18(13)16)10-22-25-19(15-7-8-28-12(15)2)23-24-20(25)29-11-17(26)27/h4-10,21H,3,11H2,1-2H3,(H,26,27)/p-1/b22-10+. The summed E-state index contributed by atoms with van der Waals surface area (Å²) in [6.07, 6.45) is 6.10. The molecule has 0 saturated carbocycles. The van der Waals surface area contributed by atoms with E-state index < -0.39 is 5.97 Å². The minimum absolute atomic E-state index is 0.245. The van der Waals surface area contributed by atoms with Crippen LogP contribution in [-0.2, 0) is 11.2 Å². The van der Waals surface area contributed by atoms with Crippen LogP contribution in [0.2, 0.25) is 0 Å². The molecule has 8 nitrogen and oxygen atoms in total. The molecule has 1 aromatic carbocycles. The summed E-state index contributed by atoms with van der Waals surface area (Å²) < 4.78 is 6.89. The van der Waals surface area contributed by atoms with Crippen molar-refractivity contribution in [3.05, 3.63) is 53.6 Å². The summed E-state index contributed by atoms with van der Waals surface area (Å²) in [5.41, 5.74) is 3.96. The Morgan fingerprint density at radius 3 is 2.97 bits per heavy atom. The normalized spacial score (nSPS) is 11.7. The molecule has 0 radical (unpaired) electrons. The number of furan rings is 1. The van der Waals surface area contributed by atoms with E-state index in [2.05, 4.69) is 33.3 Å². The Kier molecular flexibility index (Phi) is 5.22. The number of thioether (sulfide) groups is 1. The number of fused-ring (bicyclic) bond motifs is 1. The van der Waals surface area contributed by atoms with E-state index in [4.69, 9.17) is 4.42 Å². The van der Waals surface area contributed by atoms with E-state index in [1.807, 2.05) is 25.3 Å². The van der Waals surface area contributed by atoms with Gasteiger partial charge in [-0.2, -0.15) is 9.78 Å². The van der Waals surface area contributed by atoms with Gasteiger partial charge in [0.05, 0.1) is 24.0 Å². The molecule has 29 heavy (non-hydrogen) atoms. The van der Waals surface area contributed by atoms with Gasteiger partial charge in [0.1, 0.15) is 5.76 Å². The van der Waals surface area contributed by atoms with Gasteiger partial charge in [0.25, 0.3) is 0 Å². The summed E-state index contributed by atoms with van der Waals surface area (Å²) in [7, 11) is 0. The van der Waals surface area contributed by atoms with Crippen LogP contribution in [0.25, 0.3) is 22.3 Å². The molecule has 4 rings (SSSR count). The Morgan fingerprint density at radius 1 is 1.38 bits per heavy atom. The molecular weight excluding hydrogens is 390 g/mol. The molecule has 0 aliphatic heterocycles. The highest BCUT2D eigenvalue weighted by atomic mass is 32.2. The predicted molar refractivity (Wildman–Crippen MR) is 109 cm³/mol. The molecule has 3 heterocycles. The van der Waals surface area contributed by atoms with Crippen LogP contribution in [-0.4, -0.2) is 37.8 Å². The topological polar surface area (TPSA) is 112 Å². The van der Waals surface area contributed by atoms with Gasteiger partial charge in [0, 0.05) is 28.4 Å². The molecule has 0 aliphatic rings. The second-order valence-corrected chi connectivity index (χ2v) is 7.29. The first kappa shape index (κ1) is 19.0. The van der Waals surface area contributed by atoms with E-state index in [0.29, 0.717) is 16.7 Å². The molecule has 3 aromatic heterocycles. The maximum atomic E-state index is 10.9. The Balaban J connectivity index is 1.76. The number of benzene rings is 1. The van der Waals surface area contributed by atoms with Crippen LogP contribution >= 0.6 is 11.8 Å². The number of aromatic nitrogens is 4. The van der Waals surface area contributed by atoms with Crippen LogP contribution < -0.4 is 5.11 Å². The number of nitrogens with zero attached hydrogens (tertiary/aromatic N) is 4. The highest BCUT2D eigenvalue weighted by Crippen LogP contribution is 2.27. The number of para-hydroxylation sites is 1. The average Bonchev–Trinajstić information content (AvgIpc) is 3.42. The van der Waals surface area contributed by atoms with Gasteiger partial charge in [0.2, 0.25) is 5.16 Å². The molecule has 4 aromatic rings. The molecule has 0 aliphatic carbocycles. The summed E-state index contributed by atoms with van der Waals surface area (Å²) in [5.74, 6) is -0.281. The van der Waals surface area contributed by atoms with Crippen molar-refractivity contribution in [2.24, 2.45) is 5.10 Å². The van der Waals surface area contributed by atoms with Gasteiger partial charge >= 0.3 is 0 Å². The van der Waals surface area contributed by atoms with E-state index >= 15 is 0 Å². The van der Waals surface area contributed by atoms with Gasteiger partial charge in [-0.15, -0.1) is 10.2 Å². The number of carbonyl (C=O) groups excluding carboxylic acids is 1. The SMILES string of the molecule is CCc1cccc2c(/C=N/n3c(SCC(=O)[O-])nnc3-c3ccoc3C)c[nH]c12. The molecule has 9 heteroatoms. The van der Waals surface area contributed by atoms with Crippen LogP contribution in [0.5, 0.6) is 0 Å². The van der Waals surface area contributed by atoms with Crippen molar-refractivity contribution in [3.63, 3.8) is 0 Å². The lowest BCUT2D eigenvalue weighted by Crippen LogP contribution is -2.24. The summed E-state index contributed by atoms with van der Waals surface area (Å²) in [6.45, 7) is 3.93. The van der Waals surface area contributed by atoms with E-state index in [-0.39, 0.29) is 5.75 Å². The quantitative estimate of drug-likeness (QED) is 0.372. The number of H-pyrrole nitrogens is 1. The van der Waals surface area contributed by atoms with Crippen LogP contribution in [0.15, 0.2) is 51.4 Å². The highest BCUT2D eigenvalue weighted by molar-refractivity contribution is 7.99. The van der Waals surface area contributed by atoms with E-state index in [1.54, 1.807) is 18.5 Å². The summed E-state index contributed by atoms with van der Waals surface area (Å²) in [6, 6.07) is 7.92. The molecule has 0 fully saturated rings. The molecule has 0 bridgehead atoms. The third-order valence-corrected chi connectivity index (χ3v) is 5.45. The maximum Gasteiger partial charge on any atom is 0.212 e. The number of rotatable bonds is 7. The lowest BCUT2D eigenvalue weighted by Gasteiger charge is -2.04.